The van der Waals surface area contributed by atoms with Gasteiger partial charge in [-0.05, 0) is 65.8 Å². The number of aromatic nitrogens is 2. The Kier molecular flexibility index (Phi) is 5.09. The Labute approximate surface area is 185 Å². The van der Waals surface area contributed by atoms with Crippen LogP contribution in [0.2, 0.25) is 0 Å². The highest BCUT2D eigenvalue weighted by atomic mass is 16.5. The number of rotatable bonds is 4. The number of amides is 2. The van der Waals surface area contributed by atoms with Crippen molar-refractivity contribution in [3.63, 3.8) is 0 Å². The number of aryl methyl sites for hydroxylation is 1. The second-order valence-corrected chi connectivity index (χ2v) is 8.61. The third-order valence-corrected chi connectivity index (χ3v) is 6.64. The van der Waals surface area contributed by atoms with Crippen LogP contribution < -0.4 is 0 Å². The number of benzene rings is 1. The number of aromatic amines is 1. The third-order valence-electron chi connectivity index (χ3n) is 6.64. The molecule has 2 N–H and O–H groups in total. The molecule has 0 aliphatic carbocycles. The van der Waals surface area contributed by atoms with E-state index in [0.29, 0.717) is 19.6 Å². The van der Waals surface area contributed by atoms with Crippen molar-refractivity contribution in [2.45, 2.75) is 38.9 Å². The number of carbonyl (C=O) groups excluding carboxylic acids is 1. The molecule has 32 heavy (non-hydrogen) atoms. The maximum absolute atomic E-state index is 12.5. The van der Waals surface area contributed by atoms with Gasteiger partial charge >= 0.3 is 6.09 Å². The van der Waals surface area contributed by atoms with Crippen LogP contribution >= 0.6 is 0 Å². The van der Waals surface area contributed by atoms with E-state index in [1.807, 2.05) is 19.3 Å². The number of nitrogens with zero attached hydrogens (tertiary/aromatic N) is 3. The highest BCUT2D eigenvalue weighted by Gasteiger charge is 2.35. The minimum absolute atomic E-state index is 0.0359. The van der Waals surface area contributed by atoms with Gasteiger partial charge in [-0.1, -0.05) is 0 Å². The monoisotopic (exact) mass is 434 g/mol. The Bertz CT molecular complexity index is 1220. The Hall–Kier alpha value is -3.39. The number of H-pyrrole nitrogens is 1. The van der Waals surface area contributed by atoms with Gasteiger partial charge in [-0.2, -0.15) is 0 Å². The lowest BCUT2D eigenvalue weighted by atomic mass is 9.91. The van der Waals surface area contributed by atoms with Gasteiger partial charge in [-0.15, -0.1) is 0 Å². The zero-order valence-corrected chi connectivity index (χ0v) is 18.2. The van der Waals surface area contributed by atoms with Gasteiger partial charge < -0.3 is 24.6 Å². The lowest BCUT2D eigenvalue weighted by Gasteiger charge is -2.25. The van der Waals surface area contributed by atoms with Crippen molar-refractivity contribution in [1.82, 2.24) is 19.8 Å². The molecular weight excluding hydrogens is 408 g/mol. The Morgan fingerprint density at radius 2 is 2.09 bits per heavy atom. The van der Waals surface area contributed by atoms with E-state index >= 15 is 0 Å². The Morgan fingerprint density at radius 3 is 2.88 bits per heavy atom. The first-order valence-corrected chi connectivity index (χ1v) is 10.8. The van der Waals surface area contributed by atoms with E-state index in [0.717, 1.165) is 57.3 Å². The summed E-state index contributed by atoms with van der Waals surface area (Å²) in [5.74, 6) is -0.0660. The summed E-state index contributed by atoms with van der Waals surface area (Å²) in [6, 6.07) is 6.12. The summed E-state index contributed by atoms with van der Waals surface area (Å²) in [4.78, 5) is 35.4. The van der Waals surface area contributed by atoms with Crippen LogP contribution in [0.3, 0.4) is 0 Å². The average molecular weight is 434 g/mol. The smallest absolute Gasteiger partial charge is 0.407 e. The molecule has 2 aliphatic rings. The van der Waals surface area contributed by atoms with Gasteiger partial charge in [0.2, 0.25) is 5.91 Å². The first-order valence-electron chi connectivity index (χ1n) is 10.8. The van der Waals surface area contributed by atoms with E-state index < -0.39 is 6.09 Å². The van der Waals surface area contributed by atoms with Gasteiger partial charge in [-0.3, -0.25) is 4.79 Å². The first-order chi connectivity index (χ1) is 15.5. The Balaban J connectivity index is 1.62. The molecule has 2 aromatic heterocycles. The molecule has 1 aromatic carbocycles. The zero-order valence-electron chi connectivity index (χ0n) is 18.2. The van der Waals surface area contributed by atoms with E-state index in [1.165, 1.54) is 12.0 Å². The van der Waals surface area contributed by atoms with Gasteiger partial charge in [-0.25, -0.2) is 9.78 Å². The number of methoxy groups -OCH3 is 1. The highest BCUT2D eigenvalue weighted by Crippen LogP contribution is 2.41. The molecule has 1 saturated heterocycles. The minimum atomic E-state index is -0.900. The molecule has 2 amide bonds. The predicted molar refractivity (Wildman–Crippen MR) is 119 cm³/mol. The summed E-state index contributed by atoms with van der Waals surface area (Å²) in [5, 5.41) is 10.8. The SMILES string of the molecule is COCC(=O)N1Cc2cc(-c3cnc4[nH]cc(C)c4c3)cc([C@@H]3CCCN3C(=O)O)c2C1. The predicted octanol–water partition coefficient (Wildman–Crippen LogP) is 3.84. The topological polar surface area (TPSA) is 98.8 Å². The van der Waals surface area contributed by atoms with Crippen molar-refractivity contribution in [2.24, 2.45) is 0 Å². The number of hydrogen-bond donors (Lipinski definition) is 2. The van der Waals surface area contributed by atoms with Crippen LogP contribution in [0.5, 0.6) is 0 Å². The minimum Gasteiger partial charge on any atom is -0.465 e. The molecule has 3 aromatic rings. The molecule has 1 atom stereocenters. The van der Waals surface area contributed by atoms with Crippen LogP contribution in [0.4, 0.5) is 4.79 Å². The molecule has 0 spiro atoms. The summed E-state index contributed by atoms with van der Waals surface area (Å²) in [7, 11) is 1.51. The second kappa shape index (κ2) is 7.94. The van der Waals surface area contributed by atoms with E-state index in [1.54, 1.807) is 4.90 Å². The Morgan fingerprint density at radius 1 is 1.25 bits per heavy atom. The van der Waals surface area contributed by atoms with E-state index in [-0.39, 0.29) is 18.6 Å². The van der Waals surface area contributed by atoms with Crippen LogP contribution in [-0.4, -0.2) is 57.1 Å². The van der Waals surface area contributed by atoms with E-state index in [2.05, 4.69) is 28.2 Å². The molecule has 5 rings (SSSR count). The summed E-state index contributed by atoms with van der Waals surface area (Å²) >= 11 is 0. The number of likely N-dealkylation sites (tertiary alicyclic amines) is 1. The summed E-state index contributed by atoms with van der Waals surface area (Å²) in [5.41, 5.74) is 7.05. The van der Waals surface area contributed by atoms with Gasteiger partial charge in [0.15, 0.2) is 0 Å². The molecule has 2 aliphatic heterocycles. The highest BCUT2D eigenvalue weighted by molar-refractivity contribution is 5.85. The number of hydrogen-bond acceptors (Lipinski definition) is 4. The number of fused-ring (bicyclic) bond motifs is 2. The molecule has 166 valence electrons. The van der Waals surface area contributed by atoms with Crippen molar-refractivity contribution in [3.8, 4) is 11.1 Å². The molecule has 0 radical (unpaired) electrons. The van der Waals surface area contributed by atoms with Crippen molar-refractivity contribution < 1.29 is 19.4 Å². The molecule has 1 fully saturated rings. The van der Waals surface area contributed by atoms with Crippen LogP contribution in [-0.2, 0) is 22.6 Å². The number of pyridine rings is 1. The quantitative estimate of drug-likeness (QED) is 0.650. The number of nitrogens with one attached hydrogen (secondary N) is 1. The maximum atomic E-state index is 12.5. The lowest BCUT2D eigenvalue weighted by Crippen LogP contribution is -2.30. The number of ether oxygens (including phenoxy) is 1. The lowest BCUT2D eigenvalue weighted by molar-refractivity contribution is -0.135. The molecular formula is C24H26N4O4. The van der Waals surface area contributed by atoms with Gasteiger partial charge in [0.05, 0.1) is 6.04 Å². The van der Waals surface area contributed by atoms with Crippen LogP contribution in [0.15, 0.2) is 30.6 Å². The van der Waals surface area contributed by atoms with E-state index in [4.69, 9.17) is 4.74 Å². The van der Waals surface area contributed by atoms with Crippen molar-refractivity contribution in [2.75, 3.05) is 20.3 Å². The molecule has 8 nitrogen and oxygen atoms in total. The number of carboxylic acid groups (broad SMARTS) is 1. The first kappa shape index (κ1) is 20.5. The fourth-order valence-electron chi connectivity index (χ4n) is 5.01. The van der Waals surface area contributed by atoms with Crippen LogP contribution in [0, 0.1) is 6.92 Å². The largest absolute Gasteiger partial charge is 0.465 e. The second-order valence-electron chi connectivity index (χ2n) is 8.61. The van der Waals surface area contributed by atoms with Crippen molar-refractivity contribution in [1.29, 1.82) is 0 Å². The molecule has 0 unspecified atom stereocenters. The molecule has 4 heterocycles. The third kappa shape index (κ3) is 3.40. The number of carbonyl (C=O) groups is 2. The summed E-state index contributed by atoms with van der Waals surface area (Å²) in [6.45, 7) is 3.58. The standard InChI is InChI=1S/C24H26N4O4/c1-14-9-25-23-18(14)8-16(10-26-23)15-6-17-11-27(22(29)13-32-2)12-20(17)19(7-15)21-4-3-5-28(21)24(30)31/h6-10,21H,3-5,11-13H2,1-2H3,(H,25,26)(H,30,31)/t21-/m0/s1. The zero-order chi connectivity index (χ0) is 22.4. The maximum Gasteiger partial charge on any atom is 0.407 e. The van der Waals surface area contributed by atoms with Gasteiger partial charge in [0, 0.05) is 50.1 Å². The van der Waals surface area contributed by atoms with Gasteiger partial charge in [0.25, 0.3) is 0 Å². The summed E-state index contributed by atoms with van der Waals surface area (Å²) in [6.07, 6.45) is 4.50. The van der Waals surface area contributed by atoms with Crippen molar-refractivity contribution >= 4 is 23.0 Å². The fourth-order valence-corrected chi connectivity index (χ4v) is 5.01. The van der Waals surface area contributed by atoms with Crippen molar-refractivity contribution in [3.05, 3.63) is 52.8 Å². The summed E-state index contributed by atoms with van der Waals surface area (Å²) < 4.78 is 5.04. The molecule has 8 heteroatoms. The van der Waals surface area contributed by atoms with Crippen LogP contribution in [0.25, 0.3) is 22.2 Å². The normalized spacial score (nSPS) is 17.9. The van der Waals surface area contributed by atoms with E-state index in [9.17, 15) is 14.7 Å². The molecule has 0 bridgehead atoms. The average Bonchev–Trinajstić information content (AvgIpc) is 3.51. The molecule has 0 saturated carbocycles. The fraction of sp³-hybridized carbons (Fsp3) is 0.375. The van der Waals surface area contributed by atoms with Crippen LogP contribution in [0.1, 0.15) is 41.1 Å². The van der Waals surface area contributed by atoms with Gasteiger partial charge in [0.1, 0.15) is 12.3 Å².